The second-order valence-electron chi connectivity index (χ2n) is 6.04. The van der Waals surface area contributed by atoms with E-state index in [0.29, 0.717) is 11.3 Å². The number of nitrogens with one attached hydrogen (secondary N) is 1. The van der Waals surface area contributed by atoms with Gasteiger partial charge in [0, 0.05) is 17.8 Å². The largest absolute Gasteiger partial charge is 0.484 e. The average Bonchev–Trinajstić information content (AvgIpc) is 2.65. The van der Waals surface area contributed by atoms with E-state index in [-0.39, 0.29) is 11.7 Å². The van der Waals surface area contributed by atoms with Gasteiger partial charge in [-0.1, -0.05) is 26.0 Å². The number of hydrogen-bond donors (Lipinski definition) is 1. The minimum absolute atomic E-state index is 0.0890. The van der Waals surface area contributed by atoms with Crippen LogP contribution in [0.25, 0.3) is 0 Å². The summed E-state index contributed by atoms with van der Waals surface area (Å²) in [6.45, 7) is 5.60. The number of carbonyl (C=O) groups is 1. The fraction of sp³-hybridized carbons (Fsp3) is 0.350. The van der Waals surface area contributed by atoms with E-state index in [4.69, 9.17) is 0 Å². The van der Waals surface area contributed by atoms with Gasteiger partial charge in [0.05, 0.1) is 0 Å². The normalized spacial score (nSPS) is 11.5. The van der Waals surface area contributed by atoms with E-state index in [1.54, 1.807) is 12.1 Å². The Morgan fingerprint density at radius 1 is 1.00 bits per heavy atom. The molecule has 0 saturated heterocycles. The Balaban J connectivity index is 1.92. The van der Waals surface area contributed by atoms with Gasteiger partial charge in [-0.15, -0.1) is 0 Å². The Labute approximate surface area is 156 Å². The SMILES string of the molecule is CCN(CC)Cc1ccc(C(=O)Nc2ccc(OCC(F)(F)F)cc2)cc1. The molecule has 0 radical (unpaired) electrons. The quantitative estimate of drug-likeness (QED) is 0.720. The Morgan fingerprint density at radius 3 is 2.11 bits per heavy atom. The maximum atomic E-state index is 12.3. The number of nitrogens with zero attached hydrogens (tertiary/aromatic N) is 1. The summed E-state index contributed by atoms with van der Waals surface area (Å²) in [5.74, 6) is -0.195. The lowest BCUT2D eigenvalue weighted by Gasteiger charge is -2.18. The smallest absolute Gasteiger partial charge is 0.422 e. The van der Waals surface area contributed by atoms with E-state index in [1.807, 2.05) is 12.1 Å². The van der Waals surface area contributed by atoms with Crippen molar-refractivity contribution in [3.05, 3.63) is 59.7 Å². The molecule has 0 aliphatic carbocycles. The molecule has 2 aromatic carbocycles. The third kappa shape index (κ3) is 6.94. The Hall–Kier alpha value is -2.54. The number of anilines is 1. The van der Waals surface area contributed by atoms with Gasteiger partial charge in [0.25, 0.3) is 5.91 Å². The summed E-state index contributed by atoms with van der Waals surface area (Å²) in [5, 5.41) is 2.71. The monoisotopic (exact) mass is 380 g/mol. The summed E-state index contributed by atoms with van der Waals surface area (Å²) in [4.78, 5) is 14.6. The number of rotatable bonds is 8. The van der Waals surface area contributed by atoms with Crippen LogP contribution in [0.1, 0.15) is 29.8 Å². The van der Waals surface area contributed by atoms with Crippen LogP contribution in [0.15, 0.2) is 48.5 Å². The number of hydrogen-bond acceptors (Lipinski definition) is 3. The molecule has 0 aromatic heterocycles. The van der Waals surface area contributed by atoms with Gasteiger partial charge in [-0.05, 0) is 55.1 Å². The topological polar surface area (TPSA) is 41.6 Å². The molecular formula is C20H23F3N2O2. The van der Waals surface area contributed by atoms with Crippen molar-refractivity contribution in [2.45, 2.75) is 26.6 Å². The van der Waals surface area contributed by atoms with Gasteiger partial charge in [-0.25, -0.2) is 0 Å². The lowest BCUT2D eigenvalue weighted by atomic mass is 10.1. The molecule has 4 nitrogen and oxygen atoms in total. The molecule has 7 heteroatoms. The van der Waals surface area contributed by atoms with Gasteiger partial charge in [0.15, 0.2) is 6.61 Å². The van der Waals surface area contributed by atoms with Crippen molar-refractivity contribution in [2.75, 3.05) is 25.0 Å². The summed E-state index contributed by atoms with van der Waals surface area (Å²) >= 11 is 0. The molecule has 0 bridgehead atoms. The van der Waals surface area contributed by atoms with Crippen LogP contribution in [0.5, 0.6) is 5.75 Å². The molecule has 1 amide bonds. The first kappa shape index (κ1) is 20.8. The standard InChI is InChI=1S/C20H23F3N2O2/c1-3-25(4-2)13-15-5-7-16(8-6-15)19(26)24-17-9-11-18(12-10-17)27-14-20(21,22)23/h5-12H,3-4,13-14H2,1-2H3,(H,24,26). The number of alkyl halides is 3. The number of ether oxygens (including phenoxy) is 1. The summed E-state index contributed by atoms with van der Waals surface area (Å²) < 4.78 is 41.0. The molecule has 0 fully saturated rings. The zero-order valence-corrected chi connectivity index (χ0v) is 15.3. The van der Waals surface area contributed by atoms with E-state index >= 15 is 0 Å². The third-order valence-corrected chi connectivity index (χ3v) is 4.03. The van der Waals surface area contributed by atoms with Crippen molar-refractivity contribution in [1.82, 2.24) is 4.90 Å². The average molecular weight is 380 g/mol. The molecule has 0 aliphatic heterocycles. The lowest BCUT2D eigenvalue weighted by Crippen LogP contribution is -2.22. The highest BCUT2D eigenvalue weighted by Crippen LogP contribution is 2.20. The Kier molecular flexibility index (Phi) is 7.24. The number of benzene rings is 2. The minimum Gasteiger partial charge on any atom is -0.484 e. The summed E-state index contributed by atoms with van der Waals surface area (Å²) in [6, 6.07) is 13.1. The van der Waals surface area contributed by atoms with Crippen LogP contribution >= 0.6 is 0 Å². The van der Waals surface area contributed by atoms with E-state index < -0.39 is 12.8 Å². The predicted octanol–water partition coefficient (Wildman–Crippen LogP) is 4.72. The first-order valence-electron chi connectivity index (χ1n) is 8.73. The molecule has 0 spiro atoms. The fourth-order valence-corrected chi connectivity index (χ4v) is 2.47. The zero-order chi connectivity index (χ0) is 19.9. The first-order valence-corrected chi connectivity index (χ1v) is 8.73. The fourth-order valence-electron chi connectivity index (χ4n) is 2.47. The van der Waals surface area contributed by atoms with Crippen LogP contribution in [0.4, 0.5) is 18.9 Å². The number of amides is 1. The predicted molar refractivity (Wildman–Crippen MR) is 99.0 cm³/mol. The van der Waals surface area contributed by atoms with Crippen molar-refractivity contribution in [3.8, 4) is 5.75 Å². The van der Waals surface area contributed by atoms with Crippen LogP contribution in [0, 0.1) is 0 Å². The van der Waals surface area contributed by atoms with Crippen molar-refractivity contribution in [1.29, 1.82) is 0 Å². The van der Waals surface area contributed by atoms with Gasteiger partial charge in [0.2, 0.25) is 0 Å². The van der Waals surface area contributed by atoms with Crippen molar-refractivity contribution in [3.63, 3.8) is 0 Å². The van der Waals surface area contributed by atoms with Crippen LogP contribution in [-0.2, 0) is 6.54 Å². The van der Waals surface area contributed by atoms with Crippen molar-refractivity contribution in [2.24, 2.45) is 0 Å². The minimum atomic E-state index is -4.38. The molecule has 2 aromatic rings. The van der Waals surface area contributed by atoms with Crippen LogP contribution in [0.3, 0.4) is 0 Å². The summed E-state index contributed by atoms with van der Waals surface area (Å²) in [5.41, 5.74) is 2.11. The van der Waals surface area contributed by atoms with E-state index in [9.17, 15) is 18.0 Å². The van der Waals surface area contributed by atoms with Crippen LogP contribution in [-0.4, -0.2) is 36.7 Å². The molecule has 0 saturated carbocycles. The molecular weight excluding hydrogens is 357 g/mol. The van der Waals surface area contributed by atoms with Gasteiger partial charge < -0.3 is 10.1 Å². The van der Waals surface area contributed by atoms with Crippen LogP contribution in [0.2, 0.25) is 0 Å². The van der Waals surface area contributed by atoms with Crippen molar-refractivity contribution >= 4 is 11.6 Å². The Bertz CT molecular complexity index is 724. The maximum absolute atomic E-state index is 12.3. The molecule has 1 N–H and O–H groups in total. The molecule has 2 rings (SSSR count). The lowest BCUT2D eigenvalue weighted by molar-refractivity contribution is -0.153. The maximum Gasteiger partial charge on any atom is 0.422 e. The second kappa shape index (κ2) is 9.41. The van der Waals surface area contributed by atoms with Gasteiger partial charge in [-0.3, -0.25) is 9.69 Å². The molecule has 0 heterocycles. The van der Waals surface area contributed by atoms with E-state index in [0.717, 1.165) is 25.2 Å². The highest BCUT2D eigenvalue weighted by atomic mass is 19.4. The summed E-state index contributed by atoms with van der Waals surface area (Å²) in [7, 11) is 0. The highest BCUT2D eigenvalue weighted by molar-refractivity contribution is 6.04. The van der Waals surface area contributed by atoms with E-state index in [1.165, 1.54) is 24.3 Å². The first-order chi connectivity index (χ1) is 12.8. The van der Waals surface area contributed by atoms with E-state index in [2.05, 4.69) is 28.8 Å². The Morgan fingerprint density at radius 2 is 1.59 bits per heavy atom. The second-order valence-corrected chi connectivity index (χ2v) is 6.04. The number of carbonyl (C=O) groups excluding carboxylic acids is 1. The molecule has 146 valence electrons. The summed E-state index contributed by atoms with van der Waals surface area (Å²) in [6.07, 6.45) is -4.38. The third-order valence-electron chi connectivity index (χ3n) is 4.03. The van der Waals surface area contributed by atoms with Crippen molar-refractivity contribution < 1.29 is 22.7 Å². The molecule has 27 heavy (non-hydrogen) atoms. The van der Waals surface area contributed by atoms with Gasteiger partial charge in [0.1, 0.15) is 5.75 Å². The zero-order valence-electron chi connectivity index (χ0n) is 15.3. The van der Waals surface area contributed by atoms with Gasteiger partial charge in [-0.2, -0.15) is 13.2 Å². The molecule has 0 aliphatic rings. The van der Waals surface area contributed by atoms with Crippen LogP contribution < -0.4 is 10.1 Å². The van der Waals surface area contributed by atoms with Gasteiger partial charge >= 0.3 is 6.18 Å². The molecule has 0 atom stereocenters. The molecule has 0 unspecified atom stereocenters. The highest BCUT2D eigenvalue weighted by Gasteiger charge is 2.28. The number of halogens is 3.